The number of carbonyl (C=O) groups is 1. The minimum atomic E-state index is -0.264. The largest absolute Gasteiger partial charge is 0.463 e. The molecule has 0 radical (unpaired) electrons. The van der Waals surface area contributed by atoms with Crippen LogP contribution in [0, 0.1) is 0 Å². The van der Waals surface area contributed by atoms with Gasteiger partial charge in [0.1, 0.15) is 0 Å². The number of imidazole rings is 1. The zero-order valence-electron chi connectivity index (χ0n) is 14.6. The number of aryl methyl sites for hydroxylation is 2. The van der Waals surface area contributed by atoms with Gasteiger partial charge in [-0.15, -0.1) is 0 Å². The van der Waals surface area contributed by atoms with Crippen LogP contribution in [0.1, 0.15) is 30.7 Å². The van der Waals surface area contributed by atoms with Gasteiger partial charge in [-0.05, 0) is 56.0 Å². The Bertz CT molecular complexity index is 892. The van der Waals surface area contributed by atoms with Crippen LogP contribution in [-0.2, 0) is 22.4 Å². The fourth-order valence-electron chi connectivity index (χ4n) is 2.82. The number of carbonyl (C=O) groups excluding carboxylic acids is 1. The van der Waals surface area contributed by atoms with E-state index >= 15 is 0 Å². The summed E-state index contributed by atoms with van der Waals surface area (Å²) in [5.41, 5.74) is 5.25. The number of hydrogen-bond donors (Lipinski definition) is 0. The molecule has 4 nitrogen and oxygen atoms in total. The first-order chi connectivity index (χ1) is 12.2. The average Bonchev–Trinajstić information content (AvgIpc) is 3.10. The first-order valence-corrected chi connectivity index (χ1v) is 8.51. The molecule has 2 aromatic heterocycles. The second kappa shape index (κ2) is 7.79. The van der Waals surface area contributed by atoms with E-state index < -0.39 is 0 Å². The molecule has 0 atom stereocenters. The molecule has 0 N–H and O–H groups in total. The summed E-state index contributed by atoms with van der Waals surface area (Å²) in [5.74, 6) is -0.264. The molecule has 25 heavy (non-hydrogen) atoms. The van der Waals surface area contributed by atoms with Crippen LogP contribution in [0.3, 0.4) is 0 Å². The highest BCUT2D eigenvalue weighted by Gasteiger charge is 2.05. The molecule has 2 heterocycles. The molecule has 0 amide bonds. The summed E-state index contributed by atoms with van der Waals surface area (Å²) in [4.78, 5) is 15.9. The Balaban J connectivity index is 1.66. The predicted octanol–water partition coefficient (Wildman–Crippen LogP) is 4.09. The lowest BCUT2D eigenvalue weighted by molar-refractivity contribution is -0.138. The third-order valence-electron chi connectivity index (χ3n) is 4.16. The lowest BCUT2D eigenvalue weighted by Gasteiger charge is -2.06. The fraction of sp³-hybridized carbons (Fsp3) is 0.238. The van der Waals surface area contributed by atoms with E-state index in [1.54, 1.807) is 6.92 Å². The van der Waals surface area contributed by atoms with Gasteiger partial charge in [-0.25, -0.2) is 9.78 Å². The highest BCUT2D eigenvalue weighted by Crippen LogP contribution is 2.13. The van der Waals surface area contributed by atoms with Crippen molar-refractivity contribution in [2.24, 2.45) is 0 Å². The van der Waals surface area contributed by atoms with E-state index in [0.29, 0.717) is 12.2 Å². The van der Waals surface area contributed by atoms with E-state index in [1.807, 2.05) is 37.7 Å². The fourth-order valence-corrected chi connectivity index (χ4v) is 2.82. The molecule has 0 aliphatic rings. The molecule has 0 spiro atoms. The number of fused-ring (bicyclic) bond motifs is 1. The molecule has 0 aliphatic carbocycles. The van der Waals surface area contributed by atoms with Gasteiger partial charge >= 0.3 is 5.97 Å². The van der Waals surface area contributed by atoms with E-state index in [4.69, 9.17) is 4.74 Å². The van der Waals surface area contributed by atoms with E-state index in [-0.39, 0.29) is 5.97 Å². The zero-order valence-corrected chi connectivity index (χ0v) is 14.6. The van der Waals surface area contributed by atoms with Crippen molar-refractivity contribution in [3.05, 3.63) is 77.4 Å². The average molecular weight is 334 g/mol. The molecule has 3 aromatic rings. The summed E-state index contributed by atoms with van der Waals surface area (Å²) in [7, 11) is 0. The van der Waals surface area contributed by atoms with Crippen LogP contribution in [0.15, 0.2) is 60.6 Å². The smallest absolute Gasteiger partial charge is 0.333 e. The van der Waals surface area contributed by atoms with E-state index in [9.17, 15) is 4.79 Å². The number of ether oxygens (including phenoxy) is 1. The number of esters is 1. The van der Waals surface area contributed by atoms with Gasteiger partial charge in [0.25, 0.3) is 0 Å². The number of aromatic nitrogens is 2. The number of pyridine rings is 1. The van der Waals surface area contributed by atoms with E-state index in [1.165, 1.54) is 11.3 Å². The Morgan fingerprint density at radius 1 is 1.16 bits per heavy atom. The second-order valence-electron chi connectivity index (χ2n) is 6.00. The number of hydrogen-bond acceptors (Lipinski definition) is 3. The second-order valence-corrected chi connectivity index (χ2v) is 6.00. The van der Waals surface area contributed by atoms with Gasteiger partial charge in [-0.1, -0.05) is 30.3 Å². The van der Waals surface area contributed by atoms with Crippen LogP contribution in [0.25, 0.3) is 11.6 Å². The molecule has 0 bridgehead atoms. The first-order valence-electron chi connectivity index (χ1n) is 8.51. The van der Waals surface area contributed by atoms with Crippen molar-refractivity contribution < 1.29 is 9.53 Å². The van der Waals surface area contributed by atoms with E-state index in [2.05, 4.69) is 39.7 Å². The predicted molar refractivity (Wildman–Crippen MR) is 99.3 cm³/mol. The third-order valence-corrected chi connectivity index (χ3v) is 4.16. The summed E-state index contributed by atoms with van der Waals surface area (Å²) in [6.45, 7) is 3.98. The maximum atomic E-state index is 11.7. The molecule has 0 saturated carbocycles. The lowest BCUT2D eigenvalue weighted by atomic mass is 10.0. The minimum Gasteiger partial charge on any atom is -0.463 e. The van der Waals surface area contributed by atoms with Crippen molar-refractivity contribution in [2.45, 2.75) is 26.7 Å². The Kier molecular flexibility index (Phi) is 5.29. The van der Waals surface area contributed by atoms with Gasteiger partial charge in [0, 0.05) is 11.3 Å². The summed E-state index contributed by atoms with van der Waals surface area (Å²) in [6, 6.07) is 14.6. The SMILES string of the molecule is CCOC(=O)/C(C)=C/c1ccc(CCc2cccc3cncn23)cc1. The standard InChI is InChI=1S/C21H22N2O2/c1-3-25-21(24)16(2)13-18-9-7-17(8-10-18)11-12-19-5-4-6-20-14-22-15-23(19)20/h4-10,13-15H,3,11-12H2,1-2H3/b16-13+. The Hall–Kier alpha value is -2.88. The summed E-state index contributed by atoms with van der Waals surface area (Å²) in [6.07, 6.45) is 7.49. The maximum Gasteiger partial charge on any atom is 0.333 e. The molecule has 0 aliphatic heterocycles. The van der Waals surface area contributed by atoms with Crippen molar-refractivity contribution in [2.75, 3.05) is 6.61 Å². The molecule has 3 rings (SSSR count). The van der Waals surface area contributed by atoms with Crippen molar-refractivity contribution in [1.29, 1.82) is 0 Å². The topological polar surface area (TPSA) is 43.6 Å². The third kappa shape index (κ3) is 4.15. The summed E-state index contributed by atoms with van der Waals surface area (Å²) >= 11 is 0. The quantitative estimate of drug-likeness (QED) is 0.504. The van der Waals surface area contributed by atoms with Crippen molar-refractivity contribution in [3.8, 4) is 0 Å². The first kappa shape index (κ1) is 17.0. The molecule has 0 saturated heterocycles. The van der Waals surface area contributed by atoms with Crippen LogP contribution in [0.4, 0.5) is 0 Å². The Morgan fingerprint density at radius 3 is 2.72 bits per heavy atom. The van der Waals surface area contributed by atoms with Gasteiger partial charge in [0.15, 0.2) is 0 Å². The number of nitrogens with zero attached hydrogens (tertiary/aromatic N) is 2. The van der Waals surface area contributed by atoms with Crippen LogP contribution >= 0.6 is 0 Å². The lowest BCUT2D eigenvalue weighted by Crippen LogP contribution is -2.04. The molecule has 0 unspecified atom stereocenters. The molecular weight excluding hydrogens is 312 g/mol. The van der Waals surface area contributed by atoms with Gasteiger partial charge in [0.05, 0.1) is 24.6 Å². The van der Waals surface area contributed by atoms with Crippen LogP contribution in [0.5, 0.6) is 0 Å². The molecule has 0 fully saturated rings. The van der Waals surface area contributed by atoms with Gasteiger partial charge in [-0.3, -0.25) is 0 Å². The van der Waals surface area contributed by atoms with Crippen LogP contribution < -0.4 is 0 Å². The van der Waals surface area contributed by atoms with Crippen LogP contribution in [-0.4, -0.2) is 22.0 Å². The Morgan fingerprint density at radius 2 is 1.96 bits per heavy atom. The summed E-state index contributed by atoms with van der Waals surface area (Å²) in [5, 5.41) is 0. The highest BCUT2D eigenvalue weighted by molar-refractivity contribution is 5.92. The minimum absolute atomic E-state index is 0.264. The van der Waals surface area contributed by atoms with Crippen molar-refractivity contribution in [3.63, 3.8) is 0 Å². The molecular formula is C21H22N2O2. The van der Waals surface area contributed by atoms with Crippen molar-refractivity contribution in [1.82, 2.24) is 9.38 Å². The van der Waals surface area contributed by atoms with Gasteiger partial charge in [0.2, 0.25) is 0 Å². The van der Waals surface area contributed by atoms with Gasteiger partial charge < -0.3 is 9.14 Å². The number of benzene rings is 1. The van der Waals surface area contributed by atoms with Gasteiger partial charge in [-0.2, -0.15) is 0 Å². The molecule has 1 aromatic carbocycles. The highest BCUT2D eigenvalue weighted by atomic mass is 16.5. The zero-order chi connectivity index (χ0) is 17.6. The molecule has 4 heteroatoms. The van der Waals surface area contributed by atoms with Crippen LogP contribution in [0.2, 0.25) is 0 Å². The van der Waals surface area contributed by atoms with E-state index in [0.717, 1.165) is 23.9 Å². The number of rotatable bonds is 6. The summed E-state index contributed by atoms with van der Waals surface area (Å²) < 4.78 is 7.13. The maximum absolute atomic E-state index is 11.7. The molecule has 128 valence electrons. The normalized spacial score (nSPS) is 11.7. The monoisotopic (exact) mass is 334 g/mol. The van der Waals surface area contributed by atoms with Crippen molar-refractivity contribution >= 4 is 17.6 Å². The Labute approximate surface area is 147 Å².